The van der Waals surface area contributed by atoms with Crippen molar-refractivity contribution < 1.29 is 9.53 Å². The molecule has 124 valence electrons. The third-order valence-corrected chi connectivity index (χ3v) is 4.65. The lowest BCUT2D eigenvalue weighted by Gasteiger charge is -2.33. The minimum Gasteiger partial charge on any atom is -0.480 e. The fourth-order valence-corrected chi connectivity index (χ4v) is 3.36. The summed E-state index contributed by atoms with van der Waals surface area (Å²) in [5.41, 5.74) is 1.12. The van der Waals surface area contributed by atoms with Gasteiger partial charge in [0.2, 0.25) is 0 Å². The van der Waals surface area contributed by atoms with Gasteiger partial charge in [0.1, 0.15) is 11.6 Å². The summed E-state index contributed by atoms with van der Waals surface area (Å²) in [6.45, 7) is 1.49. The van der Waals surface area contributed by atoms with Gasteiger partial charge in [0.05, 0.1) is 0 Å². The van der Waals surface area contributed by atoms with E-state index in [1.807, 2.05) is 41.3 Å². The number of para-hydroxylation sites is 1. The summed E-state index contributed by atoms with van der Waals surface area (Å²) in [5, 5.41) is 11.3. The van der Waals surface area contributed by atoms with Crippen molar-refractivity contribution in [3.8, 4) is 5.75 Å². The maximum Gasteiger partial charge on any atom is 0.263 e. The number of likely N-dealkylation sites (tertiary alicyclic amines) is 1. The highest BCUT2D eigenvalue weighted by Gasteiger charge is 2.33. The molecule has 1 amide bonds. The number of carbonyl (C=O) groups excluding carboxylic acids is 1. The number of benzene rings is 1. The lowest BCUT2D eigenvalue weighted by Crippen LogP contribution is -2.47. The number of ether oxygens (including phenoxy) is 1. The Hall–Kier alpha value is -2.63. The van der Waals surface area contributed by atoms with E-state index in [0.717, 1.165) is 43.1 Å². The van der Waals surface area contributed by atoms with E-state index < -0.39 is 0 Å². The van der Waals surface area contributed by atoms with Gasteiger partial charge in [-0.15, -0.1) is 5.10 Å². The molecule has 2 aliphatic heterocycles. The quantitative estimate of drug-likeness (QED) is 0.934. The van der Waals surface area contributed by atoms with Crippen LogP contribution in [-0.4, -0.2) is 46.2 Å². The standard InChI is InChI=1S/C18H20N4O2/c23-18(16-12-13-4-1-2-5-15(13)24-16)22-10-7-14(8-11-22)20-17-6-3-9-19-21-17/h1-6,9,14,16H,7-8,10-12H2,(H,20,21)/t16-/m0/s1. The van der Waals surface area contributed by atoms with Crippen molar-refractivity contribution in [3.63, 3.8) is 0 Å². The van der Waals surface area contributed by atoms with E-state index in [-0.39, 0.29) is 12.0 Å². The van der Waals surface area contributed by atoms with Crippen LogP contribution >= 0.6 is 0 Å². The average Bonchev–Trinajstić information content (AvgIpc) is 3.07. The third kappa shape index (κ3) is 3.04. The number of hydrogen-bond donors (Lipinski definition) is 1. The van der Waals surface area contributed by atoms with Crippen LogP contribution in [0.3, 0.4) is 0 Å². The van der Waals surface area contributed by atoms with E-state index >= 15 is 0 Å². The summed E-state index contributed by atoms with van der Waals surface area (Å²) < 4.78 is 5.82. The number of carbonyl (C=O) groups is 1. The monoisotopic (exact) mass is 324 g/mol. The van der Waals surface area contributed by atoms with Gasteiger partial charge in [0.25, 0.3) is 5.91 Å². The van der Waals surface area contributed by atoms with E-state index in [4.69, 9.17) is 4.74 Å². The molecule has 0 bridgehead atoms. The second kappa shape index (κ2) is 6.47. The van der Waals surface area contributed by atoms with Gasteiger partial charge in [-0.3, -0.25) is 4.79 Å². The van der Waals surface area contributed by atoms with E-state index in [1.54, 1.807) is 6.20 Å². The molecule has 24 heavy (non-hydrogen) atoms. The lowest BCUT2D eigenvalue weighted by molar-refractivity contribution is -0.138. The van der Waals surface area contributed by atoms with Crippen LogP contribution in [0.15, 0.2) is 42.6 Å². The van der Waals surface area contributed by atoms with Crippen molar-refractivity contribution in [1.29, 1.82) is 0 Å². The number of anilines is 1. The molecule has 6 nitrogen and oxygen atoms in total. The first-order chi connectivity index (χ1) is 11.8. The van der Waals surface area contributed by atoms with E-state index in [2.05, 4.69) is 15.5 Å². The Morgan fingerprint density at radius 3 is 2.75 bits per heavy atom. The van der Waals surface area contributed by atoms with Gasteiger partial charge in [-0.1, -0.05) is 18.2 Å². The molecule has 0 unspecified atom stereocenters. The Kier molecular flexibility index (Phi) is 4.02. The molecule has 4 rings (SSSR count). The smallest absolute Gasteiger partial charge is 0.263 e. The molecule has 3 heterocycles. The molecule has 0 spiro atoms. The highest BCUT2D eigenvalue weighted by Crippen LogP contribution is 2.29. The minimum atomic E-state index is -0.369. The second-order valence-corrected chi connectivity index (χ2v) is 6.27. The Morgan fingerprint density at radius 2 is 2.00 bits per heavy atom. The predicted molar refractivity (Wildman–Crippen MR) is 89.8 cm³/mol. The van der Waals surface area contributed by atoms with Crippen molar-refractivity contribution in [2.75, 3.05) is 18.4 Å². The number of nitrogens with zero attached hydrogens (tertiary/aromatic N) is 3. The predicted octanol–water partition coefficient (Wildman–Crippen LogP) is 1.88. The van der Waals surface area contributed by atoms with Gasteiger partial charge >= 0.3 is 0 Å². The first-order valence-corrected chi connectivity index (χ1v) is 8.37. The van der Waals surface area contributed by atoms with Crippen LogP contribution in [0.25, 0.3) is 0 Å². The normalized spacial score (nSPS) is 20.3. The second-order valence-electron chi connectivity index (χ2n) is 6.27. The number of hydrogen-bond acceptors (Lipinski definition) is 5. The molecule has 6 heteroatoms. The number of amides is 1. The van der Waals surface area contributed by atoms with Gasteiger partial charge in [-0.05, 0) is 36.6 Å². The highest BCUT2D eigenvalue weighted by atomic mass is 16.5. The molecule has 1 N–H and O–H groups in total. The minimum absolute atomic E-state index is 0.101. The van der Waals surface area contributed by atoms with Crippen LogP contribution in [0.2, 0.25) is 0 Å². The van der Waals surface area contributed by atoms with Crippen molar-refractivity contribution in [2.24, 2.45) is 0 Å². The van der Waals surface area contributed by atoms with Gasteiger partial charge in [-0.2, -0.15) is 5.10 Å². The topological polar surface area (TPSA) is 67.3 Å². The molecule has 1 fully saturated rings. The Morgan fingerprint density at radius 1 is 1.17 bits per heavy atom. The molecule has 0 aliphatic carbocycles. The van der Waals surface area contributed by atoms with E-state index in [0.29, 0.717) is 12.5 Å². The van der Waals surface area contributed by atoms with Crippen LogP contribution in [0.5, 0.6) is 5.75 Å². The van der Waals surface area contributed by atoms with Gasteiger partial charge in [-0.25, -0.2) is 0 Å². The van der Waals surface area contributed by atoms with Crippen LogP contribution in [0.4, 0.5) is 5.82 Å². The molecule has 1 saturated heterocycles. The largest absolute Gasteiger partial charge is 0.480 e. The van der Waals surface area contributed by atoms with Crippen molar-refractivity contribution in [3.05, 3.63) is 48.2 Å². The molecule has 0 radical (unpaired) electrons. The summed E-state index contributed by atoms with van der Waals surface area (Å²) in [5.74, 6) is 1.73. The zero-order valence-electron chi connectivity index (χ0n) is 13.4. The maximum absolute atomic E-state index is 12.7. The fourth-order valence-electron chi connectivity index (χ4n) is 3.36. The van der Waals surface area contributed by atoms with Crippen LogP contribution in [-0.2, 0) is 11.2 Å². The number of fused-ring (bicyclic) bond motifs is 1. The first kappa shape index (κ1) is 14.9. The Bertz CT molecular complexity index is 689. The summed E-state index contributed by atoms with van der Waals surface area (Å²) in [6, 6.07) is 12.0. The summed E-state index contributed by atoms with van der Waals surface area (Å²) in [6.07, 6.45) is 3.77. The number of rotatable bonds is 3. The number of piperidine rings is 1. The van der Waals surface area contributed by atoms with Gasteiger partial charge in [0.15, 0.2) is 6.10 Å². The van der Waals surface area contributed by atoms with Crippen molar-refractivity contribution in [1.82, 2.24) is 15.1 Å². The van der Waals surface area contributed by atoms with Crippen molar-refractivity contribution in [2.45, 2.75) is 31.4 Å². The summed E-state index contributed by atoms with van der Waals surface area (Å²) in [7, 11) is 0. The molecule has 1 atom stereocenters. The molecule has 1 aromatic heterocycles. The zero-order chi connectivity index (χ0) is 16.4. The number of nitrogens with one attached hydrogen (secondary N) is 1. The van der Waals surface area contributed by atoms with Crippen LogP contribution in [0, 0.1) is 0 Å². The van der Waals surface area contributed by atoms with Gasteiger partial charge < -0.3 is 15.0 Å². The summed E-state index contributed by atoms with van der Waals surface area (Å²) in [4.78, 5) is 14.6. The van der Waals surface area contributed by atoms with E-state index in [1.165, 1.54) is 0 Å². The SMILES string of the molecule is O=C([C@@H]1Cc2ccccc2O1)N1CCC(Nc2cccnn2)CC1. The Balaban J connectivity index is 1.31. The molecule has 2 aliphatic rings. The van der Waals surface area contributed by atoms with Crippen molar-refractivity contribution >= 4 is 11.7 Å². The fraction of sp³-hybridized carbons (Fsp3) is 0.389. The first-order valence-electron chi connectivity index (χ1n) is 8.37. The van der Waals surface area contributed by atoms with Crippen LogP contribution < -0.4 is 10.1 Å². The third-order valence-electron chi connectivity index (χ3n) is 4.65. The summed E-state index contributed by atoms with van der Waals surface area (Å²) >= 11 is 0. The zero-order valence-corrected chi connectivity index (χ0v) is 13.4. The molecule has 1 aromatic carbocycles. The van der Waals surface area contributed by atoms with Gasteiger partial charge in [0, 0.05) is 31.7 Å². The molecule has 0 saturated carbocycles. The molecule has 2 aromatic rings. The highest BCUT2D eigenvalue weighted by molar-refractivity contribution is 5.82. The average molecular weight is 324 g/mol. The maximum atomic E-state index is 12.7. The van der Waals surface area contributed by atoms with E-state index in [9.17, 15) is 4.79 Å². The number of aromatic nitrogens is 2. The Labute approximate surface area is 140 Å². The van der Waals surface area contributed by atoms with Crippen LogP contribution in [0.1, 0.15) is 18.4 Å². The molecular weight excluding hydrogens is 304 g/mol. The lowest BCUT2D eigenvalue weighted by atomic mass is 10.0. The molecular formula is C18H20N4O2.